The van der Waals surface area contributed by atoms with Crippen LogP contribution in [-0.2, 0) is 9.53 Å². The molecule has 0 bridgehead atoms. The molecule has 1 unspecified atom stereocenters. The molecule has 76 valence electrons. The molecule has 1 aliphatic rings. The molecule has 0 radical (unpaired) electrons. The third-order valence-electron chi connectivity index (χ3n) is 2.35. The Balaban J connectivity index is 2.36. The molecule has 0 saturated carbocycles. The third kappa shape index (κ3) is 2.97. The average Bonchev–Trinajstić information content (AvgIpc) is 2.18. The number of likely N-dealkylation sites (N-methyl/N-ethyl adjacent to an activating group) is 1. The summed E-state index contributed by atoms with van der Waals surface area (Å²) in [5.74, 6) is 0.232. The van der Waals surface area contributed by atoms with Crippen molar-refractivity contribution in [2.45, 2.75) is 12.8 Å². The van der Waals surface area contributed by atoms with Gasteiger partial charge in [0.25, 0.3) is 0 Å². The zero-order valence-corrected chi connectivity index (χ0v) is 8.16. The summed E-state index contributed by atoms with van der Waals surface area (Å²) < 4.78 is 5.25. The molecule has 1 saturated heterocycles. The minimum Gasteiger partial charge on any atom is -0.381 e. The van der Waals surface area contributed by atoms with Crippen molar-refractivity contribution in [3.05, 3.63) is 0 Å². The highest BCUT2D eigenvalue weighted by atomic mass is 16.5. The van der Waals surface area contributed by atoms with Gasteiger partial charge in [0.15, 0.2) is 0 Å². The summed E-state index contributed by atoms with van der Waals surface area (Å²) in [5.41, 5.74) is 5.37. The second-order valence-corrected chi connectivity index (χ2v) is 3.46. The first-order valence-electron chi connectivity index (χ1n) is 4.78. The first-order valence-corrected chi connectivity index (χ1v) is 4.78. The lowest BCUT2D eigenvalue weighted by molar-refractivity contribution is -0.138. The minimum atomic E-state index is 0.0605. The standard InChI is InChI=1S/C9H18N2O2/c1-11(5-4-10)9(12)8-3-2-6-13-7-8/h8H,2-7,10H2,1H3. The Morgan fingerprint density at radius 3 is 3.00 bits per heavy atom. The molecule has 0 aromatic rings. The number of carbonyl (C=O) groups is 1. The molecular formula is C9H18N2O2. The number of ether oxygens (including phenoxy) is 1. The van der Waals surface area contributed by atoms with Gasteiger partial charge in [-0.05, 0) is 12.8 Å². The van der Waals surface area contributed by atoms with Crippen LogP contribution in [0.25, 0.3) is 0 Å². The third-order valence-corrected chi connectivity index (χ3v) is 2.35. The number of rotatable bonds is 3. The lowest BCUT2D eigenvalue weighted by atomic mass is 10.0. The molecule has 13 heavy (non-hydrogen) atoms. The molecule has 1 atom stereocenters. The van der Waals surface area contributed by atoms with Crippen molar-refractivity contribution in [2.24, 2.45) is 11.7 Å². The average molecular weight is 186 g/mol. The molecule has 2 N–H and O–H groups in total. The highest BCUT2D eigenvalue weighted by molar-refractivity contribution is 5.78. The number of hydrogen-bond donors (Lipinski definition) is 1. The number of carbonyl (C=O) groups excluding carboxylic acids is 1. The number of nitrogens with zero attached hydrogens (tertiary/aromatic N) is 1. The van der Waals surface area contributed by atoms with E-state index in [1.165, 1.54) is 0 Å². The van der Waals surface area contributed by atoms with Crippen molar-refractivity contribution in [3.8, 4) is 0 Å². The van der Waals surface area contributed by atoms with Gasteiger partial charge in [-0.2, -0.15) is 0 Å². The van der Waals surface area contributed by atoms with Crippen LogP contribution in [0.2, 0.25) is 0 Å². The molecule has 1 amide bonds. The zero-order valence-electron chi connectivity index (χ0n) is 8.16. The predicted octanol–water partition coefficient (Wildman–Crippen LogP) is -0.170. The normalized spacial score (nSPS) is 22.8. The molecule has 0 aromatic carbocycles. The van der Waals surface area contributed by atoms with Crippen LogP contribution >= 0.6 is 0 Å². The highest BCUT2D eigenvalue weighted by Crippen LogP contribution is 2.15. The molecule has 4 nitrogen and oxygen atoms in total. The van der Waals surface area contributed by atoms with Gasteiger partial charge in [-0.15, -0.1) is 0 Å². The van der Waals surface area contributed by atoms with Crippen molar-refractivity contribution in [3.63, 3.8) is 0 Å². The van der Waals surface area contributed by atoms with Crippen LogP contribution in [0, 0.1) is 5.92 Å². The van der Waals surface area contributed by atoms with Crippen molar-refractivity contribution in [2.75, 3.05) is 33.4 Å². The van der Waals surface area contributed by atoms with Gasteiger partial charge in [-0.3, -0.25) is 4.79 Å². The Morgan fingerprint density at radius 1 is 1.69 bits per heavy atom. The molecular weight excluding hydrogens is 168 g/mol. The van der Waals surface area contributed by atoms with Crippen LogP contribution in [0.3, 0.4) is 0 Å². The SMILES string of the molecule is CN(CCN)C(=O)C1CCCOC1. The smallest absolute Gasteiger partial charge is 0.227 e. The van der Waals surface area contributed by atoms with E-state index in [2.05, 4.69) is 0 Å². The summed E-state index contributed by atoms with van der Waals surface area (Å²) >= 11 is 0. The van der Waals surface area contributed by atoms with Gasteiger partial charge in [0, 0.05) is 26.7 Å². The van der Waals surface area contributed by atoms with Crippen molar-refractivity contribution in [1.29, 1.82) is 0 Å². The van der Waals surface area contributed by atoms with Crippen molar-refractivity contribution < 1.29 is 9.53 Å². The van der Waals surface area contributed by atoms with E-state index in [9.17, 15) is 4.79 Å². The fourth-order valence-electron chi connectivity index (χ4n) is 1.55. The molecule has 1 aliphatic heterocycles. The Hall–Kier alpha value is -0.610. The fourth-order valence-corrected chi connectivity index (χ4v) is 1.55. The van der Waals surface area contributed by atoms with Gasteiger partial charge >= 0.3 is 0 Å². The monoisotopic (exact) mass is 186 g/mol. The van der Waals surface area contributed by atoms with Crippen LogP contribution < -0.4 is 5.73 Å². The maximum Gasteiger partial charge on any atom is 0.227 e. The second-order valence-electron chi connectivity index (χ2n) is 3.46. The number of nitrogens with two attached hydrogens (primary N) is 1. The lowest BCUT2D eigenvalue weighted by Gasteiger charge is -2.26. The largest absolute Gasteiger partial charge is 0.381 e. The first kappa shape index (κ1) is 10.5. The van der Waals surface area contributed by atoms with Crippen molar-refractivity contribution >= 4 is 5.91 Å². The van der Waals surface area contributed by atoms with Crippen LogP contribution in [0.1, 0.15) is 12.8 Å². The van der Waals surface area contributed by atoms with E-state index in [4.69, 9.17) is 10.5 Å². The van der Waals surface area contributed by atoms with Crippen molar-refractivity contribution in [1.82, 2.24) is 4.90 Å². The molecule has 0 aromatic heterocycles. The topological polar surface area (TPSA) is 55.6 Å². The molecule has 1 heterocycles. The van der Waals surface area contributed by atoms with Gasteiger partial charge in [-0.1, -0.05) is 0 Å². The van der Waals surface area contributed by atoms with Gasteiger partial charge in [0.1, 0.15) is 0 Å². The maximum atomic E-state index is 11.7. The fraction of sp³-hybridized carbons (Fsp3) is 0.889. The van der Waals surface area contributed by atoms with E-state index in [1.54, 1.807) is 11.9 Å². The van der Waals surface area contributed by atoms with Gasteiger partial charge in [0.05, 0.1) is 12.5 Å². The van der Waals surface area contributed by atoms with Crippen LogP contribution in [0.15, 0.2) is 0 Å². The van der Waals surface area contributed by atoms with Crippen LogP contribution in [-0.4, -0.2) is 44.2 Å². The van der Waals surface area contributed by atoms with E-state index in [-0.39, 0.29) is 11.8 Å². The number of amides is 1. The van der Waals surface area contributed by atoms with E-state index in [0.717, 1.165) is 19.4 Å². The van der Waals surface area contributed by atoms with E-state index < -0.39 is 0 Å². The molecule has 0 aliphatic carbocycles. The van der Waals surface area contributed by atoms with Gasteiger partial charge in [-0.25, -0.2) is 0 Å². The molecule has 4 heteroatoms. The molecule has 0 spiro atoms. The Labute approximate surface area is 79.0 Å². The van der Waals surface area contributed by atoms with E-state index in [1.807, 2.05) is 0 Å². The molecule has 1 fully saturated rings. The lowest BCUT2D eigenvalue weighted by Crippen LogP contribution is -2.39. The van der Waals surface area contributed by atoms with E-state index in [0.29, 0.717) is 19.7 Å². The van der Waals surface area contributed by atoms with Gasteiger partial charge < -0.3 is 15.4 Å². The van der Waals surface area contributed by atoms with E-state index >= 15 is 0 Å². The quantitative estimate of drug-likeness (QED) is 0.666. The Kier molecular flexibility index (Phi) is 4.18. The summed E-state index contributed by atoms with van der Waals surface area (Å²) in [6.45, 7) is 2.53. The van der Waals surface area contributed by atoms with Crippen LogP contribution in [0.4, 0.5) is 0 Å². The Bertz CT molecular complexity index is 167. The maximum absolute atomic E-state index is 11.7. The highest BCUT2D eigenvalue weighted by Gasteiger charge is 2.23. The summed E-state index contributed by atoms with van der Waals surface area (Å²) in [7, 11) is 1.80. The van der Waals surface area contributed by atoms with Crippen LogP contribution in [0.5, 0.6) is 0 Å². The predicted molar refractivity (Wildman–Crippen MR) is 50.2 cm³/mol. The summed E-state index contributed by atoms with van der Waals surface area (Å²) in [6.07, 6.45) is 1.95. The number of hydrogen-bond acceptors (Lipinski definition) is 3. The zero-order chi connectivity index (χ0) is 9.68. The second kappa shape index (κ2) is 5.19. The summed E-state index contributed by atoms with van der Waals surface area (Å²) in [4.78, 5) is 13.4. The molecule has 1 rings (SSSR count). The first-order chi connectivity index (χ1) is 6.25. The Morgan fingerprint density at radius 2 is 2.46 bits per heavy atom. The van der Waals surface area contributed by atoms with Gasteiger partial charge in [0.2, 0.25) is 5.91 Å². The summed E-state index contributed by atoms with van der Waals surface area (Å²) in [5, 5.41) is 0. The minimum absolute atomic E-state index is 0.0605. The summed E-state index contributed by atoms with van der Waals surface area (Å²) in [6, 6.07) is 0.